The number of hydrazone groups is 1. The first-order valence-electron chi connectivity index (χ1n) is 9.24. The van der Waals surface area contributed by atoms with Crippen LogP contribution in [0.5, 0.6) is 0 Å². The van der Waals surface area contributed by atoms with Crippen LogP contribution in [-0.2, 0) is 11.0 Å². The highest BCUT2D eigenvalue weighted by Gasteiger charge is 2.48. The van der Waals surface area contributed by atoms with E-state index in [1.54, 1.807) is 45.3 Å². The summed E-state index contributed by atoms with van der Waals surface area (Å²) in [5.74, 6) is -0.244. The van der Waals surface area contributed by atoms with Crippen molar-refractivity contribution in [3.8, 4) is 0 Å². The van der Waals surface area contributed by atoms with Crippen LogP contribution in [0.25, 0.3) is 0 Å². The fourth-order valence-corrected chi connectivity index (χ4v) is 3.46. The highest BCUT2D eigenvalue weighted by molar-refractivity contribution is 6.30. The summed E-state index contributed by atoms with van der Waals surface area (Å²) in [6.07, 6.45) is -4.47. The molecule has 164 valence electrons. The number of urea groups is 1. The second-order valence-corrected chi connectivity index (χ2v) is 7.99. The lowest BCUT2D eigenvalue weighted by Gasteiger charge is -2.28. The minimum atomic E-state index is -4.47. The fourth-order valence-electron chi connectivity index (χ4n) is 3.34. The van der Waals surface area contributed by atoms with Crippen LogP contribution in [0.15, 0.2) is 53.6 Å². The Morgan fingerprint density at radius 1 is 1.10 bits per heavy atom. The lowest BCUT2D eigenvalue weighted by molar-refractivity contribution is -0.137. The van der Waals surface area contributed by atoms with Gasteiger partial charge in [-0.1, -0.05) is 23.7 Å². The lowest BCUT2D eigenvalue weighted by Crippen LogP contribution is -2.46. The average Bonchev–Trinajstić information content (AvgIpc) is 3.06. The van der Waals surface area contributed by atoms with Gasteiger partial charge in [0.05, 0.1) is 17.8 Å². The predicted molar refractivity (Wildman–Crippen MR) is 112 cm³/mol. The molecule has 0 fully saturated rings. The first-order valence-corrected chi connectivity index (χ1v) is 9.62. The van der Waals surface area contributed by atoms with Gasteiger partial charge in [-0.25, -0.2) is 9.80 Å². The number of hydrogen-bond donors (Lipinski definition) is 1. The highest BCUT2D eigenvalue weighted by atomic mass is 35.5. The zero-order valence-electron chi connectivity index (χ0n) is 17.0. The maximum absolute atomic E-state index is 12.9. The van der Waals surface area contributed by atoms with Crippen LogP contribution < -0.4 is 5.32 Å². The monoisotopic (exact) mass is 452 g/mol. The van der Waals surface area contributed by atoms with Gasteiger partial charge in [-0.3, -0.25) is 4.79 Å². The SMILES string of the molecule is CN(C)C(=O)C1(C)CN(C(=O)Nc2ccc(C(F)(F)F)cc2)N=C1c1ccc(Cl)cc1. The smallest absolute Gasteiger partial charge is 0.348 e. The Morgan fingerprint density at radius 3 is 2.19 bits per heavy atom. The van der Waals surface area contributed by atoms with E-state index in [9.17, 15) is 22.8 Å². The molecular weight excluding hydrogens is 433 g/mol. The van der Waals surface area contributed by atoms with Crippen molar-refractivity contribution in [2.45, 2.75) is 13.1 Å². The van der Waals surface area contributed by atoms with Crippen molar-refractivity contribution in [1.82, 2.24) is 9.91 Å². The number of halogens is 4. The maximum atomic E-state index is 12.9. The number of carbonyl (C=O) groups excluding carboxylic acids is 2. The van der Waals surface area contributed by atoms with Gasteiger partial charge in [0.15, 0.2) is 0 Å². The van der Waals surface area contributed by atoms with Crippen molar-refractivity contribution < 1.29 is 22.8 Å². The number of hydrogen-bond acceptors (Lipinski definition) is 3. The second-order valence-electron chi connectivity index (χ2n) is 7.55. The fraction of sp³-hybridized carbons (Fsp3) is 0.286. The Kier molecular flexibility index (Phi) is 6.00. The Bertz CT molecular complexity index is 1020. The van der Waals surface area contributed by atoms with E-state index in [0.717, 1.165) is 29.3 Å². The molecule has 1 N–H and O–H groups in total. The van der Waals surface area contributed by atoms with Gasteiger partial charge in [-0.15, -0.1) is 0 Å². The number of anilines is 1. The molecule has 0 aromatic heterocycles. The van der Waals surface area contributed by atoms with Gasteiger partial charge in [-0.2, -0.15) is 18.3 Å². The number of nitrogens with one attached hydrogen (secondary N) is 1. The summed E-state index contributed by atoms with van der Waals surface area (Å²) in [4.78, 5) is 27.1. The number of benzene rings is 2. The molecule has 3 rings (SSSR count). The molecule has 1 heterocycles. The zero-order valence-corrected chi connectivity index (χ0v) is 17.8. The van der Waals surface area contributed by atoms with E-state index in [2.05, 4.69) is 10.4 Å². The van der Waals surface area contributed by atoms with Gasteiger partial charge in [-0.05, 0) is 48.9 Å². The maximum Gasteiger partial charge on any atom is 0.416 e. The highest BCUT2D eigenvalue weighted by Crippen LogP contribution is 2.34. The molecule has 1 aliphatic heterocycles. The summed E-state index contributed by atoms with van der Waals surface area (Å²) in [6, 6.07) is 10.1. The third-order valence-electron chi connectivity index (χ3n) is 4.90. The zero-order chi connectivity index (χ0) is 23.0. The first-order chi connectivity index (χ1) is 14.4. The number of carbonyl (C=O) groups is 2. The molecule has 0 saturated carbocycles. The summed E-state index contributed by atoms with van der Waals surface area (Å²) in [5.41, 5.74) is -0.737. The minimum absolute atomic E-state index is 0.0333. The number of alkyl halides is 3. The Balaban J connectivity index is 1.88. The third kappa shape index (κ3) is 4.66. The predicted octanol–water partition coefficient (Wildman–Crippen LogP) is 4.71. The summed E-state index contributed by atoms with van der Waals surface area (Å²) < 4.78 is 38.2. The van der Waals surface area contributed by atoms with Gasteiger partial charge in [0.1, 0.15) is 5.41 Å². The molecule has 10 heteroatoms. The quantitative estimate of drug-likeness (QED) is 0.733. The van der Waals surface area contributed by atoms with E-state index in [-0.39, 0.29) is 18.1 Å². The van der Waals surface area contributed by atoms with Gasteiger partial charge in [0.25, 0.3) is 0 Å². The summed E-state index contributed by atoms with van der Waals surface area (Å²) in [6.45, 7) is 1.66. The molecule has 0 saturated heterocycles. The largest absolute Gasteiger partial charge is 0.416 e. The van der Waals surface area contributed by atoms with Crippen molar-refractivity contribution in [3.05, 3.63) is 64.7 Å². The average molecular weight is 453 g/mol. The van der Waals surface area contributed by atoms with Crippen molar-refractivity contribution >= 4 is 34.9 Å². The number of nitrogens with zero attached hydrogens (tertiary/aromatic N) is 3. The van der Waals surface area contributed by atoms with E-state index in [0.29, 0.717) is 16.3 Å². The van der Waals surface area contributed by atoms with Crippen LogP contribution in [0.3, 0.4) is 0 Å². The molecule has 6 nitrogen and oxygen atoms in total. The minimum Gasteiger partial charge on any atom is -0.348 e. The molecular formula is C21H20ClF3N4O2. The van der Waals surface area contributed by atoms with E-state index < -0.39 is 23.2 Å². The Labute approximate surface area is 182 Å². The topological polar surface area (TPSA) is 65.0 Å². The molecule has 0 aliphatic carbocycles. The molecule has 2 aromatic rings. The van der Waals surface area contributed by atoms with Crippen molar-refractivity contribution in [1.29, 1.82) is 0 Å². The van der Waals surface area contributed by atoms with E-state index in [4.69, 9.17) is 11.6 Å². The summed E-state index contributed by atoms with van der Waals surface area (Å²) >= 11 is 5.95. The van der Waals surface area contributed by atoms with Crippen molar-refractivity contribution in [3.63, 3.8) is 0 Å². The van der Waals surface area contributed by atoms with Gasteiger partial charge in [0, 0.05) is 24.8 Å². The molecule has 1 unspecified atom stereocenters. The molecule has 2 aromatic carbocycles. The Morgan fingerprint density at radius 2 is 1.68 bits per heavy atom. The molecule has 0 bridgehead atoms. The lowest BCUT2D eigenvalue weighted by atomic mass is 9.81. The summed E-state index contributed by atoms with van der Waals surface area (Å²) in [7, 11) is 3.22. The van der Waals surface area contributed by atoms with Gasteiger partial charge in [0.2, 0.25) is 5.91 Å². The Hall–Kier alpha value is -3.07. The normalized spacial score (nSPS) is 18.5. The molecule has 1 atom stereocenters. The number of amides is 3. The molecule has 31 heavy (non-hydrogen) atoms. The van der Waals surface area contributed by atoms with Gasteiger partial charge >= 0.3 is 12.2 Å². The number of rotatable bonds is 3. The van der Waals surface area contributed by atoms with Crippen molar-refractivity contribution in [2.75, 3.05) is 26.0 Å². The summed E-state index contributed by atoms with van der Waals surface area (Å²) in [5, 5.41) is 8.50. The second kappa shape index (κ2) is 8.22. The molecule has 3 amide bonds. The van der Waals surface area contributed by atoms with Crippen LogP contribution >= 0.6 is 11.6 Å². The van der Waals surface area contributed by atoms with Crippen molar-refractivity contribution in [2.24, 2.45) is 10.5 Å². The van der Waals surface area contributed by atoms with Crippen LogP contribution in [0.2, 0.25) is 5.02 Å². The van der Waals surface area contributed by atoms with Crippen LogP contribution in [-0.4, -0.2) is 48.2 Å². The molecule has 0 radical (unpaired) electrons. The van der Waals surface area contributed by atoms with E-state index in [1.165, 1.54) is 4.90 Å². The molecule has 0 spiro atoms. The van der Waals surface area contributed by atoms with Crippen LogP contribution in [0, 0.1) is 5.41 Å². The standard InChI is InChI=1S/C21H20ClF3N4O2/c1-20(18(30)28(2)3)12-29(27-17(20)13-4-8-15(22)9-5-13)19(31)26-16-10-6-14(7-11-16)21(23,24)25/h4-11H,12H2,1-3H3,(H,26,31). The van der Waals surface area contributed by atoms with Gasteiger partial charge < -0.3 is 10.2 Å². The van der Waals surface area contributed by atoms with Crippen LogP contribution in [0.4, 0.5) is 23.7 Å². The van der Waals surface area contributed by atoms with Crippen LogP contribution in [0.1, 0.15) is 18.1 Å². The molecule has 1 aliphatic rings. The third-order valence-corrected chi connectivity index (χ3v) is 5.16. The first kappa shape index (κ1) is 22.6. The van der Waals surface area contributed by atoms with E-state index >= 15 is 0 Å². The van der Waals surface area contributed by atoms with E-state index in [1.807, 2.05) is 0 Å².